The highest BCUT2D eigenvalue weighted by Crippen LogP contribution is 2.18. The van der Waals surface area contributed by atoms with Gasteiger partial charge in [0, 0.05) is 21.1 Å². The van der Waals surface area contributed by atoms with E-state index in [4.69, 9.17) is 0 Å². The van der Waals surface area contributed by atoms with Crippen molar-refractivity contribution in [1.29, 1.82) is 0 Å². The Labute approximate surface area is 127 Å². The number of hydrogen-bond acceptors (Lipinski definition) is 4. The summed E-state index contributed by atoms with van der Waals surface area (Å²) in [5.74, 6) is -0.384. The van der Waals surface area contributed by atoms with Gasteiger partial charge in [-0.2, -0.15) is 0 Å². The van der Waals surface area contributed by atoms with Gasteiger partial charge in [0.15, 0.2) is 0 Å². The maximum absolute atomic E-state index is 12.2. The van der Waals surface area contributed by atoms with Crippen LogP contribution < -0.4 is 4.31 Å². The average Bonchev–Trinajstić information content (AvgIpc) is 2.37. The minimum atomic E-state index is -3.53. The Morgan fingerprint density at radius 2 is 1.52 bits per heavy atom. The Morgan fingerprint density at radius 3 is 2.05 bits per heavy atom. The Bertz CT molecular complexity index is 682. The zero-order valence-electron chi connectivity index (χ0n) is 12.8. The van der Waals surface area contributed by atoms with Gasteiger partial charge in [0.1, 0.15) is 0 Å². The molecule has 0 radical (unpaired) electrons. The second-order valence-electron chi connectivity index (χ2n) is 5.07. The van der Waals surface area contributed by atoms with Crippen molar-refractivity contribution in [3.63, 3.8) is 0 Å². The van der Waals surface area contributed by atoms with Gasteiger partial charge in [-0.25, -0.2) is 21.1 Å². The van der Waals surface area contributed by atoms with E-state index in [1.165, 1.54) is 25.4 Å². The quantitative estimate of drug-likeness (QED) is 0.747. The Kier molecular flexibility index (Phi) is 5.77. The summed E-state index contributed by atoms with van der Waals surface area (Å²) in [5.41, 5.74) is 1.54. The van der Waals surface area contributed by atoms with Crippen molar-refractivity contribution in [3.8, 4) is 0 Å². The Balaban J connectivity index is 2.74. The fourth-order valence-corrected chi connectivity index (χ4v) is 4.00. The average molecular weight is 334 g/mol. The van der Waals surface area contributed by atoms with Crippen LogP contribution in [0, 0.1) is 6.92 Å². The Hall–Kier alpha value is -1.12. The number of rotatable bonds is 7. The van der Waals surface area contributed by atoms with Crippen LogP contribution in [0.25, 0.3) is 0 Å². The minimum absolute atomic E-state index is 0.0685. The predicted molar refractivity (Wildman–Crippen MR) is 85.5 cm³/mol. The van der Waals surface area contributed by atoms with Gasteiger partial charge in [0.2, 0.25) is 20.0 Å². The number of sulfonamides is 2. The zero-order valence-corrected chi connectivity index (χ0v) is 14.4. The summed E-state index contributed by atoms with van der Waals surface area (Å²) >= 11 is 0. The third kappa shape index (κ3) is 4.98. The molecule has 1 aromatic carbocycles. The molecule has 0 atom stereocenters. The summed E-state index contributed by atoms with van der Waals surface area (Å²) in [6.07, 6.45) is 0.0685. The van der Waals surface area contributed by atoms with Crippen molar-refractivity contribution in [3.05, 3.63) is 29.8 Å². The van der Waals surface area contributed by atoms with Crippen LogP contribution in [0.15, 0.2) is 24.3 Å². The smallest absolute Gasteiger partial charge is 0.234 e. The van der Waals surface area contributed by atoms with Crippen molar-refractivity contribution in [2.24, 2.45) is 0 Å². The molecular weight excluding hydrogens is 312 g/mol. The van der Waals surface area contributed by atoms with Gasteiger partial charge in [-0.3, -0.25) is 4.31 Å². The van der Waals surface area contributed by atoms with Gasteiger partial charge in [0.05, 0.1) is 17.2 Å². The van der Waals surface area contributed by atoms with Crippen molar-refractivity contribution in [2.45, 2.75) is 13.3 Å². The molecule has 8 heteroatoms. The van der Waals surface area contributed by atoms with Crippen LogP contribution in [0.2, 0.25) is 0 Å². The molecule has 0 unspecified atom stereocenters. The molecule has 0 saturated heterocycles. The number of anilines is 1. The van der Waals surface area contributed by atoms with E-state index in [1.807, 2.05) is 13.0 Å². The molecule has 6 nitrogen and oxygen atoms in total. The predicted octanol–water partition coefficient (Wildman–Crippen LogP) is 1.04. The Morgan fingerprint density at radius 1 is 0.952 bits per heavy atom. The molecule has 0 N–H and O–H groups in total. The molecular formula is C13H22N2O4S2. The van der Waals surface area contributed by atoms with Gasteiger partial charge in [-0.15, -0.1) is 0 Å². The standard InChI is InChI=1S/C13H22N2O4S2/c1-12-7-5-8-13(11-12)15(4)21(18,19)10-6-9-20(16,17)14(2)3/h5,7-8,11H,6,9-10H2,1-4H3. The summed E-state index contributed by atoms with van der Waals surface area (Å²) in [7, 11) is -2.55. The summed E-state index contributed by atoms with van der Waals surface area (Å²) in [5, 5.41) is 0. The molecule has 0 fully saturated rings. The van der Waals surface area contributed by atoms with E-state index in [9.17, 15) is 16.8 Å². The number of hydrogen-bond donors (Lipinski definition) is 0. The van der Waals surface area contributed by atoms with E-state index < -0.39 is 20.0 Å². The van der Waals surface area contributed by atoms with Gasteiger partial charge < -0.3 is 0 Å². The van der Waals surface area contributed by atoms with Gasteiger partial charge in [0.25, 0.3) is 0 Å². The summed E-state index contributed by atoms with van der Waals surface area (Å²) < 4.78 is 50.0. The van der Waals surface area contributed by atoms with Crippen LogP contribution in [0.1, 0.15) is 12.0 Å². The van der Waals surface area contributed by atoms with Crippen molar-refractivity contribution >= 4 is 25.7 Å². The molecule has 0 heterocycles. The molecule has 0 aliphatic carbocycles. The molecule has 0 aliphatic rings. The van der Waals surface area contributed by atoms with Gasteiger partial charge >= 0.3 is 0 Å². The first-order chi connectivity index (χ1) is 9.56. The maximum atomic E-state index is 12.2. The maximum Gasteiger partial charge on any atom is 0.234 e. The number of aryl methyl sites for hydroxylation is 1. The molecule has 1 aromatic rings. The largest absolute Gasteiger partial charge is 0.273 e. The SMILES string of the molecule is Cc1cccc(N(C)S(=O)(=O)CCCS(=O)(=O)N(C)C)c1. The highest BCUT2D eigenvalue weighted by Gasteiger charge is 2.21. The van der Waals surface area contributed by atoms with Crippen LogP contribution >= 0.6 is 0 Å². The fraction of sp³-hybridized carbons (Fsp3) is 0.538. The molecule has 0 bridgehead atoms. The topological polar surface area (TPSA) is 74.8 Å². The molecule has 0 spiro atoms. The minimum Gasteiger partial charge on any atom is -0.273 e. The summed E-state index contributed by atoms with van der Waals surface area (Å²) in [6, 6.07) is 7.15. The van der Waals surface area contributed by atoms with Crippen LogP contribution in [-0.4, -0.2) is 53.8 Å². The molecule has 0 aliphatic heterocycles. The molecule has 1 rings (SSSR count). The van der Waals surface area contributed by atoms with Gasteiger partial charge in [-0.05, 0) is 31.0 Å². The van der Waals surface area contributed by atoms with Crippen LogP contribution in [-0.2, 0) is 20.0 Å². The van der Waals surface area contributed by atoms with E-state index in [0.717, 1.165) is 9.87 Å². The van der Waals surface area contributed by atoms with Gasteiger partial charge in [-0.1, -0.05) is 12.1 Å². The lowest BCUT2D eigenvalue weighted by Gasteiger charge is -2.20. The third-order valence-electron chi connectivity index (χ3n) is 3.14. The van der Waals surface area contributed by atoms with E-state index in [2.05, 4.69) is 0 Å². The third-order valence-corrected chi connectivity index (χ3v) is 6.91. The second-order valence-corrected chi connectivity index (χ2v) is 9.50. The second kappa shape index (κ2) is 6.76. The normalized spacial score (nSPS) is 12.6. The number of nitrogens with zero attached hydrogens (tertiary/aromatic N) is 2. The molecule has 0 aromatic heterocycles. The van der Waals surface area contributed by atoms with Crippen molar-refractivity contribution in [1.82, 2.24) is 4.31 Å². The van der Waals surface area contributed by atoms with E-state index >= 15 is 0 Å². The van der Waals surface area contributed by atoms with Crippen LogP contribution in [0.3, 0.4) is 0 Å². The first-order valence-electron chi connectivity index (χ1n) is 6.50. The van der Waals surface area contributed by atoms with Crippen LogP contribution in [0.4, 0.5) is 5.69 Å². The fourth-order valence-electron chi connectivity index (χ4n) is 1.73. The molecule has 0 amide bonds. The van der Waals surface area contributed by atoms with Crippen molar-refractivity contribution < 1.29 is 16.8 Å². The lowest BCUT2D eigenvalue weighted by molar-refractivity contribution is 0.519. The molecule has 21 heavy (non-hydrogen) atoms. The van der Waals surface area contributed by atoms with Crippen molar-refractivity contribution in [2.75, 3.05) is 37.0 Å². The van der Waals surface area contributed by atoms with E-state index in [0.29, 0.717) is 5.69 Å². The monoisotopic (exact) mass is 334 g/mol. The number of benzene rings is 1. The van der Waals surface area contributed by atoms with Crippen LogP contribution in [0.5, 0.6) is 0 Å². The zero-order chi connectivity index (χ0) is 16.3. The van der Waals surface area contributed by atoms with E-state index in [-0.39, 0.29) is 17.9 Å². The lowest BCUT2D eigenvalue weighted by atomic mass is 10.2. The first kappa shape index (κ1) is 17.9. The van der Waals surface area contributed by atoms with E-state index in [1.54, 1.807) is 18.2 Å². The molecule has 120 valence electrons. The first-order valence-corrected chi connectivity index (χ1v) is 9.71. The lowest BCUT2D eigenvalue weighted by Crippen LogP contribution is -2.31. The summed E-state index contributed by atoms with van der Waals surface area (Å²) in [4.78, 5) is 0. The highest BCUT2D eigenvalue weighted by molar-refractivity contribution is 7.92. The molecule has 0 saturated carbocycles. The summed E-state index contributed by atoms with van der Waals surface area (Å²) in [6.45, 7) is 1.88. The highest BCUT2D eigenvalue weighted by atomic mass is 32.2.